The molecule has 2 heterocycles. The van der Waals surface area contributed by atoms with Crippen molar-refractivity contribution in [3.05, 3.63) is 30.7 Å². The Kier molecular flexibility index (Phi) is 1.22. The van der Waals surface area contributed by atoms with Crippen molar-refractivity contribution in [1.29, 1.82) is 0 Å². The highest BCUT2D eigenvalue weighted by molar-refractivity contribution is 5.81. The molecular weight excluding hydrogens is 140 g/mol. The van der Waals surface area contributed by atoms with Gasteiger partial charge in [-0.2, -0.15) is 0 Å². The number of ether oxygens (including phenoxy) is 1. The molecule has 0 spiro atoms. The summed E-state index contributed by atoms with van der Waals surface area (Å²) in [4.78, 5) is 8.00. The molecule has 1 aliphatic rings. The molecule has 0 N–H and O–H groups in total. The molecule has 0 amide bonds. The van der Waals surface area contributed by atoms with Gasteiger partial charge in [0.1, 0.15) is 5.76 Å². The van der Waals surface area contributed by atoms with Gasteiger partial charge in [0, 0.05) is 6.20 Å². The van der Waals surface area contributed by atoms with Crippen LogP contribution in [0.1, 0.15) is 0 Å². The minimum atomic E-state index is 0.547. The van der Waals surface area contributed by atoms with Gasteiger partial charge in [0.15, 0.2) is 11.6 Å². The molecule has 1 aliphatic heterocycles. The fourth-order valence-electron chi connectivity index (χ4n) is 0.860. The van der Waals surface area contributed by atoms with Crippen LogP contribution >= 0.6 is 0 Å². The van der Waals surface area contributed by atoms with Crippen LogP contribution in [0.4, 0.5) is 5.82 Å². The Hall–Kier alpha value is -1.64. The zero-order chi connectivity index (χ0) is 7.68. The summed E-state index contributed by atoms with van der Waals surface area (Å²) in [5, 5.41) is 0. The van der Waals surface area contributed by atoms with E-state index >= 15 is 0 Å². The van der Waals surface area contributed by atoms with Crippen LogP contribution < -0.4 is 4.74 Å². The molecular formula is C8H6N2O. The van der Waals surface area contributed by atoms with Crippen molar-refractivity contribution in [3.8, 4) is 5.75 Å². The number of rotatable bonds is 0. The summed E-state index contributed by atoms with van der Waals surface area (Å²) in [6.07, 6.45) is 3.23. The topological polar surface area (TPSA) is 34.5 Å². The van der Waals surface area contributed by atoms with Crippen molar-refractivity contribution in [2.24, 2.45) is 4.99 Å². The number of fused-ring (bicyclic) bond motifs is 1. The van der Waals surface area contributed by atoms with Gasteiger partial charge in [-0.1, -0.05) is 6.58 Å². The standard InChI is InChI=1S/C8H6N2O/c1-6-5-10-8-7(11-6)3-2-4-9-8/h2-5H,1H2. The Balaban J connectivity index is 2.54. The number of hydrogen-bond donors (Lipinski definition) is 0. The van der Waals surface area contributed by atoms with E-state index in [1.165, 1.54) is 0 Å². The summed E-state index contributed by atoms with van der Waals surface area (Å²) in [7, 11) is 0. The molecule has 0 aliphatic carbocycles. The molecule has 0 radical (unpaired) electrons. The third-order valence-electron chi connectivity index (χ3n) is 1.32. The van der Waals surface area contributed by atoms with E-state index in [1.54, 1.807) is 18.5 Å². The Labute approximate surface area is 64.1 Å². The third-order valence-corrected chi connectivity index (χ3v) is 1.32. The van der Waals surface area contributed by atoms with Crippen LogP contribution in [0.3, 0.4) is 0 Å². The second-order valence-corrected chi connectivity index (χ2v) is 2.15. The predicted octanol–water partition coefficient (Wildman–Crippen LogP) is 1.69. The second kappa shape index (κ2) is 2.20. The quantitative estimate of drug-likeness (QED) is 0.558. The molecule has 2 rings (SSSR count). The summed E-state index contributed by atoms with van der Waals surface area (Å²) < 4.78 is 5.23. The lowest BCUT2D eigenvalue weighted by molar-refractivity contribution is 0.454. The van der Waals surface area contributed by atoms with Crippen LogP contribution in [0.5, 0.6) is 5.75 Å². The fraction of sp³-hybridized carbons (Fsp3) is 0. The smallest absolute Gasteiger partial charge is 0.195 e. The number of nitrogens with zero attached hydrogens (tertiary/aromatic N) is 2. The summed E-state index contributed by atoms with van der Waals surface area (Å²) in [5.74, 6) is 1.82. The van der Waals surface area contributed by atoms with Crippen LogP contribution in [0.15, 0.2) is 35.7 Å². The number of hydrogen-bond acceptors (Lipinski definition) is 3. The van der Waals surface area contributed by atoms with Crippen LogP contribution in [-0.4, -0.2) is 11.2 Å². The van der Waals surface area contributed by atoms with Crippen LogP contribution in [0.2, 0.25) is 0 Å². The van der Waals surface area contributed by atoms with Gasteiger partial charge in [0.2, 0.25) is 0 Å². The molecule has 0 unspecified atom stereocenters. The van der Waals surface area contributed by atoms with E-state index < -0.39 is 0 Å². The molecule has 0 fully saturated rings. The van der Waals surface area contributed by atoms with E-state index in [4.69, 9.17) is 4.74 Å². The van der Waals surface area contributed by atoms with Crippen molar-refractivity contribution in [3.63, 3.8) is 0 Å². The lowest BCUT2D eigenvalue weighted by atomic mass is 10.4. The van der Waals surface area contributed by atoms with Crippen molar-refractivity contribution in [1.82, 2.24) is 4.98 Å². The van der Waals surface area contributed by atoms with Gasteiger partial charge in [-0.05, 0) is 12.1 Å². The SMILES string of the molecule is C=C1C=Nc2ncccc2O1. The maximum atomic E-state index is 5.23. The largest absolute Gasteiger partial charge is 0.452 e. The van der Waals surface area contributed by atoms with E-state index in [0.29, 0.717) is 17.3 Å². The normalized spacial score (nSPS) is 14.0. The van der Waals surface area contributed by atoms with Crippen LogP contribution in [-0.2, 0) is 0 Å². The number of allylic oxidation sites excluding steroid dienone is 1. The van der Waals surface area contributed by atoms with Gasteiger partial charge in [-0.25, -0.2) is 9.98 Å². The predicted molar refractivity (Wildman–Crippen MR) is 42.2 cm³/mol. The van der Waals surface area contributed by atoms with Crippen molar-refractivity contribution >= 4 is 12.0 Å². The molecule has 0 saturated carbocycles. The minimum Gasteiger partial charge on any atom is -0.452 e. The highest BCUT2D eigenvalue weighted by Gasteiger charge is 2.07. The number of aromatic nitrogens is 1. The first-order valence-corrected chi connectivity index (χ1v) is 3.22. The zero-order valence-electron chi connectivity index (χ0n) is 5.82. The molecule has 3 heteroatoms. The summed E-state index contributed by atoms with van der Waals surface area (Å²) >= 11 is 0. The van der Waals surface area contributed by atoms with Crippen LogP contribution in [0, 0.1) is 0 Å². The molecule has 1 aromatic heterocycles. The van der Waals surface area contributed by atoms with Crippen molar-refractivity contribution in [2.45, 2.75) is 0 Å². The van der Waals surface area contributed by atoms with E-state index in [0.717, 1.165) is 0 Å². The van der Waals surface area contributed by atoms with Crippen LogP contribution in [0.25, 0.3) is 0 Å². The average Bonchev–Trinajstić information content (AvgIpc) is 2.04. The maximum Gasteiger partial charge on any atom is 0.195 e. The Bertz CT molecular complexity index is 331. The highest BCUT2D eigenvalue weighted by Crippen LogP contribution is 2.27. The summed E-state index contributed by atoms with van der Waals surface area (Å²) in [6, 6.07) is 3.61. The van der Waals surface area contributed by atoms with Crippen molar-refractivity contribution < 1.29 is 4.74 Å². The first kappa shape index (κ1) is 6.09. The number of aliphatic imine (C=N–C) groups is 1. The Morgan fingerprint density at radius 1 is 1.45 bits per heavy atom. The molecule has 3 nitrogen and oxygen atoms in total. The van der Waals surface area contributed by atoms with Gasteiger partial charge in [0.25, 0.3) is 0 Å². The van der Waals surface area contributed by atoms with Crippen molar-refractivity contribution in [2.75, 3.05) is 0 Å². The Morgan fingerprint density at radius 2 is 2.36 bits per heavy atom. The molecule has 0 bridgehead atoms. The first-order chi connectivity index (χ1) is 5.36. The lowest BCUT2D eigenvalue weighted by Gasteiger charge is -2.10. The average molecular weight is 146 g/mol. The van der Waals surface area contributed by atoms with E-state index in [2.05, 4.69) is 16.6 Å². The molecule has 0 aromatic carbocycles. The molecule has 0 saturated heterocycles. The van der Waals surface area contributed by atoms with Gasteiger partial charge < -0.3 is 4.74 Å². The van der Waals surface area contributed by atoms with Gasteiger partial charge in [-0.3, -0.25) is 0 Å². The van der Waals surface area contributed by atoms with Gasteiger partial charge >= 0.3 is 0 Å². The van der Waals surface area contributed by atoms with Gasteiger partial charge in [0.05, 0.1) is 6.21 Å². The Morgan fingerprint density at radius 3 is 3.27 bits per heavy atom. The highest BCUT2D eigenvalue weighted by atomic mass is 16.5. The maximum absolute atomic E-state index is 5.23. The number of pyridine rings is 1. The minimum absolute atomic E-state index is 0.547. The van der Waals surface area contributed by atoms with Gasteiger partial charge in [-0.15, -0.1) is 0 Å². The first-order valence-electron chi connectivity index (χ1n) is 3.22. The monoisotopic (exact) mass is 146 g/mol. The molecule has 54 valence electrons. The summed E-state index contributed by atoms with van der Waals surface area (Å²) in [6.45, 7) is 3.61. The second-order valence-electron chi connectivity index (χ2n) is 2.15. The zero-order valence-corrected chi connectivity index (χ0v) is 5.82. The van der Waals surface area contributed by atoms with E-state index in [9.17, 15) is 0 Å². The van der Waals surface area contributed by atoms with E-state index in [-0.39, 0.29) is 0 Å². The fourth-order valence-corrected chi connectivity index (χ4v) is 0.860. The molecule has 11 heavy (non-hydrogen) atoms. The third kappa shape index (κ3) is 1.00. The van der Waals surface area contributed by atoms with E-state index in [1.807, 2.05) is 6.07 Å². The molecule has 0 atom stereocenters. The lowest BCUT2D eigenvalue weighted by Crippen LogP contribution is -1.99. The summed E-state index contributed by atoms with van der Waals surface area (Å²) in [5.41, 5.74) is 0. The molecule has 1 aromatic rings.